The van der Waals surface area contributed by atoms with Crippen LogP contribution in [0.1, 0.15) is 5.69 Å². The normalized spacial score (nSPS) is 22.0. The molecule has 1 atom stereocenters. The molecular formula is C11H15ClN2O2S2. The van der Waals surface area contributed by atoms with E-state index in [0.29, 0.717) is 17.3 Å². The standard InChI is InChI=1S/C11H15ClN2O2S2/c1-18(15,16)11-8-17-5-4-14(11)7-10-6-9(12)2-3-13-10/h2-3,6,11H,4-5,7-8H2,1H3. The van der Waals surface area contributed by atoms with Crippen LogP contribution in [-0.2, 0) is 16.4 Å². The highest BCUT2D eigenvalue weighted by Crippen LogP contribution is 2.22. The molecule has 7 heteroatoms. The lowest BCUT2D eigenvalue weighted by molar-refractivity contribution is 0.259. The maximum absolute atomic E-state index is 11.8. The number of sulfone groups is 1. The average Bonchev–Trinajstić information content (AvgIpc) is 2.28. The summed E-state index contributed by atoms with van der Waals surface area (Å²) in [4.78, 5) is 6.19. The second kappa shape index (κ2) is 5.77. The average molecular weight is 307 g/mol. The number of aromatic nitrogens is 1. The van der Waals surface area contributed by atoms with E-state index in [-0.39, 0.29) is 0 Å². The molecule has 1 unspecified atom stereocenters. The lowest BCUT2D eigenvalue weighted by atomic mass is 10.3. The Morgan fingerprint density at radius 1 is 1.61 bits per heavy atom. The summed E-state index contributed by atoms with van der Waals surface area (Å²) in [5, 5.41) is 0.208. The largest absolute Gasteiger partial charge is 0.280 e. The van der Waals surface area contributed by atoms with Crippen LogP contribution in [0.15, 0.2) is 18.3 Å². The summed E-state index contributed by atoms with van der Waals surface area (Å²) in [6.45, 7) is 1.29. The molecule has 1 fully saturated rings. The fraction of sp³-hybridized carbons (Fsp3) is 0.545. The number of hydrogen-bond acceptors (Lipinski definition) is 5. The van der Waals surface area contributed by atoms with Crippen LogP contribution in [0.2, 0.25) is 5.02 Å². The van der Waals surface area contributed by atoms with Crippen LogP contribution in [-0.4, -0.2) is 48.0 Å². The van der Waals surface area contributed by atoms with Gasteiger partial charge in [-0.05, 0) is 12.1 Å². The van der Waals surface area contributed by atoms with E-state index >= 15 is 0 Å². The summed E-state index contributed by atoms with van der Waals surface area (Å²) in [7, 11) is -3.06. The number of thioether (sulfide) groups is 1. The highest BCUT2D eigenvalue weighted by molar-refractivity contribution is 8.00. The van der Waals surface area contributed by atoms with Gasteiger partial charge in [0.15, 0.2) is 9.84 Å². The molecule has 4 nitrogen and oxygen atoms in total. The molecule has 1 aliphatic rings. The fourth-order valence-corrected chi connectivity index (χ4v) is 5.06. The molecule has 0 amide bonds. The molecule has 1 saturated heterocycles. The van der Waals surface area contributed by atoms with Crippen molar-refractivity contribution >= 4 is 33.2 Å². The summed E-state index contributed by atoms with van der Waals surface area (Å²) >= 11 is 7.59. The van der Waals surface area contributed by atoms with Gasteiger partial charge < -0.3 is 0 Å². The summed E-state index contributed by atoms with van der Waals surface area (Å²) in [6.07, 6.45) is 2.94. The Labute approximate surface area is 117 Å². The first-order valence-electron chi connectivity index (χ1n) is 5.58. The van der Waals surface area contributed by atoms with Crippen LogP contribution in [0, 0.1) is 0 Å². The lowest BCUT2D eigenvalue weighted by Gasteiger charge is -2.33. The molecule has 0 aromatic carbocycles. The molecule has 0 radical (unpaired) electrons. The summed E-state index contributed by atoms with van der Waals surface area (Å²) in [6, 6.07) is 3.49. The Morgan fingerprint density at radius 3 is 3.06 bits per heavy atom. The van der Waals surface area contributed by atoms with Crippen molar-refractivity contribution in [1.82, 2.24) is 9.88 Å². The number of halogens is 1. The third-order valence-electron chi connectivity index (χ3n) is 2.83. The van der Waals surface area contributed by atoms with Crippen molar-refractivity contribution in [3.63, 3.8) is 0 Å². The zero-order valence-corrected chi connectivity index (χ0v) is 12.4. The first-order chi connectivity index (χ1) is 8.47. The van der Waals surface area contributed by atoms with Gasteiger partial charge in [-0.25, -0.2) is 8.42 Å². The molecule has 1 aromatic rings. The van der Waals surface area contributed by atoms with Crippen molar-refractivity contribution in [2.75, 3.05) is 24.3 Å². The molecule has 2 heterocycles. The zero-order chi connectivity index (χ0) is 13.2. The lowest BCUT2D eigenvalue weighted by Crippen LogP contribution is -2.46. The Morgan fingerprint density at radius 2 is 2.39 bits per heavy atom. The van der Waals surface area contributed by atoms with E-state index in [1.165, 1.54) is 6.26 Å². The predicted molar refractivity (Wildman–Crippen MR) is 75.6 cm³/mol. The SMILES string of the molecule is CS(=O)(=O)C1CSCCN1Cc1cc(Cl)ccn1. The monoisotopic (exact) mass is 306 g/mol. The van der Waals surface area contributed by atoms with Gasteiger partial charge in [0.25, 0.3) is 0 Å². The van der Waals surface area contributed by atoms with E-state index in [1.54, 1.807) is 30.1 Å². The fourth-order valence-electron chi connectivity index (χ4n) is 1.93. The van der Waals surface area contributed by atoms with E-state index in [0.717, 1.165) is 18.0 Å². The Hall–Kier alpha value is -0.300. The molecule has 2 rings (SSSR count). The summed E-state index contributed by atoms with van der Waals surface area (Å²) in [5.74, 6) is 1.58. The van der Waals surface area contributed by atoms with Crippen molar-refractivity contribution in [2.45, 2.75) is 11.9 Å². The molecule has 18 heavy (non-hydrogen) atoms. The smallest absolute Gasteiger partial charge is 0.164 e. The van der Waals surface area contributed by atoms with Crippen molar-refractivity contribution < 1.29 is 8.42 Å². The third-order valence-corrected chi connectivity index (χ3v) is 5.75. The second-order valence-corrected chi connectivity index (χ2v) is 8.08. The van der Waals surface area contributed by atoms with Crippen LogP contribution in [0.4, 0.5) is 0 Å². The number of rotatable bonds is 3. The van der Waals surface area contributed by atoms with Gasteiger partial charge in [0.1, 0.15) is 5.37 Å². The quantitative estimate of drug-likeness (QED) is 0.850. The highest BCUT2D eigenvalue weighted by atomic mass is 35.5. The molecule has 1 aromatic heterocycles. The van der Waals surface area contributed by atoms with E-state index < -0.39 is 15.2 Å². The van der Waals surface area contributed by atoms with E-state index in [1.807, 2.05) is 4.90 Å². The highest BCUT2D eigenvalue weighted by Gasteiger charge is 2.30. The van der Waals surface area contributed by atoms with Crippen LogP contribution < -0.4 is 0 Å². The van der Waals surface area contributed by atoms with E-state index in [2.05, 4.69) is 4.98 Å². The number of pyridine rings is 1. The van der Waals surface area contributed by atoms with Gasteiger partial charge in [0.2, 0.25) is 0 Å². The Bertz CT molecular complexity index is 522. The van der Waals surface area contributed by atoms with Gasteiger partial charge in [0, 0.05) is 42.1 Å². The Kier molecular flexibility index (Phi) is 4.53. The minimum Gasteiger partial charge on any atom is -0.280 e. The van der Waals surface area contributed by atoms with Crippen LogP contribution in [0.5, 0.6) is 0 Å². The zero-order valence-electron chi connectivity index (χ0n) is 10.0. The minimum atomic E-state index is -3.06. The van der Waals surface area contributed by atoms with Crippen molar-refractivity contribution in [3.05, 3.63) is 29.0 Å². The van der Waals surface area contributed by atoms with Gasteiger partial charge in [-0.3, -0.25) is 9.88 Å². The first kappa shape index (κ1) is 14.1. The minimum absolute atomic E-state index is 0.419. The van der Waals surface area contributed by atoms with Crippen LogP contribution in [0.3, 0.4) is 0 Å². The van der Waals surface area contributed by atoms with Crippen LogP contribution in [0.25, 0.3) is 0 Å². The molecule has 0 saturated carbocycles. The van der Waals surface area contributed by atoms with Crippen molar-refractivity contribution in [3.8, 4) is 0 Å². The van der Waals surface area contributed by atoms with Gasteiger partial charge in [-0.15, -0.1) is 0 Å². The third kappa shape index (κ3) is 3.60. The summed E-state index contributed by atoms with van der Waals surface area (Å²) in [5.41, 5.74) is 0.808. The molecule has 0 spiro atoms. The first-order valence-corrected chi connectivity index (χ1v) is 9.06. The van der Waals surface area contributed by atoms with Gasteiger partial charge >= 0.3 is 0 Å². The van der Waals surface area contributed by atoms with Crippen molar-refractivity contribution in [1.29, 1.82) is 0 Å². The molecule has 1 aliphatic heterocycles. The number of hydrogen-bond donors (Lipinski definition) is 0. The van der Waals surface area contributed by atoms with E-state index in [4.69, 9.17) is 11.6 Å². The van der Waals surface area contributed by atoms with Gasteiger partial charge in [-0.2, -0.15) is 11.8 Å². The maximum Gasteiger partial charge on any atom is 0.164 e. The van der Waals surface area contributed by atoms with Crippen LogP contribution >= 0.6 is 23.4 Å². The molecule has 100 valence electrons. The summed E-state index contributed by atoms with van der Waals surface area (Å²) < 4.78 is 23.5. The second-order valence-electron chi connectivity index (χ2n) is 4.29. The Balaban J connectivity index is 2.15. The molecule has 0 N–H and O–H groups in total. The molecular weight excluding hydrogens is 292 g/mol. The molecule has 0 bridgehead atoms. The van der Waals surface area contributed by atoms with E-state index in [9.17, 15) is 8.42 Å². The maximum atomic E-state index is 11.8. The topological polar surface area (TPSA) is 50.3 Å². The molecule has 0 aliphatic carbocycles. The van der Waals surface area contributed by atoms with Crippen molar-refractivity contribution in [2.24, 2.45) is 0 Å². The predicted octanol–water partition coefficient (Wildman–Crippen LogP) is 1.65. The van der Waals surface area contributed by atoms with Gasteiger partial charge in [-0.1, -0.05) is 11.6 Å². The number of nitrogens with zero attached hydrogens (tertiary/aromatic N) is 2. The van der Waals surface area contributed by atoms with Gasteiger partial charge in [0.05, 0.1) is 5.69 Å².